The summed E-state index contributed by atoms with van der Waals surface area (Å²) in [6.07, 6.45) is 1.97. The van der Waals surface area contributed by atoms with Crippen molar-refractivity contribution in [3.63, 3.8) is 0 Å². The highest BCUT2D eigenvalue weighted by atomic mass is 16.3. The van der Waals surface area contributed by atoms with Gasteiger partial charge in [0, 0.05) is 19.1 Å². The lowest BCUT2D eigenvalue weighted by atomic mass is 10.0. The molecule has 0 radical (unpaired) electrons. The average molecular weight is 280 g/mol. The Kier molecular flexibility index (Phi) is 6.46. The minimum Gasteiger partial charge on any atom is -0.508 e. The third-order valence-electron chi connectivity index (χ3n) is 3.29. The highest BCUT2D eigenvalue weighted by Gasteiger charge is 2.21. The Morgan fingerprint density at radius 1 is 1.25 bits per heavy atom. The third-order valence-corrected chi connectivity index (χ3v) is 3.29. The van der Waals surface area contributed by atoms with Crippen LogP contribution in [0.25, 0.3) is 0 Å². The molecule has 2 unspecified atom stereocenters. The van der Waals surface area contributed by atoms with E-state index in [0.717, 1.165) is 12.8 Å². The molecule has 0 spiro atoms. The maximum atomic E-state index is 10.2. The fraction of sp³-hybridized carbons (Fsp3) is 0.625. The molecule has 1 aromatic rings. The number of aryl methyl sites for hydroxylation is 1. The summed E-state index contributed by atoms with van der Waals surface area (Å²) in [4.78, 5) is 1.99. The van der Waals surface area contributed by atoms with Crippen molar-refractivity contribution in [2.75, 3.05) is 27.2 Å². The van der Waals surface area contributed by atoms with Crippen LogP contribution < -0.4 is 5.32 Å². The van der Waals surface area contributed by atoms with Gasteiger partial charge in [0.1, 0.15) is 5.75 Å². The molecule has 4 heteroatoms. The summed E-state index contributed by atoms with van der Waals surface area (Å²) in [5.41, 5.74) is 0.507. The fourth-order valence-electron chi connectivity index (χ4n) is 2.28. The second-order valence-electron chi connectivity index (χ2n) is 6.22. The molecule has 4 nitrogen and oxygen atoms in total. The van der Waals surface area contributed by atoms with Crippen LogP contribution in [0.1, 0.15) is 25.8 Å². The summed E-state index contributed by atoms with van der Waals surface area (Å²) in [5, 5.41) is 22.8. The molecule has 0 bridgehead atoms. The predicted octanol–water partition coefficient (Wildman–Crippen LogP) is 1.62. The van der Waals surface area contributed by atoms with Gasteiger partial charge in [0.2, 0.25) is 0 Å². The smallest absolute Gasteiger partial charge is 0.115 e. The number of likely N-dealkylation sites (N-methyl/N-ethyl adjacent to an activating group) is 1. The zero-order chi connectivity index (χ0) is 15.2. The van der Waals surface area contributed by atoms with Crippen molar-refractivity contribution in [2.45, 2.75) is 38.3 Å². The van der Waals surface area contributed by atoms with Gasteiger partial charge in [-0.1, -0.05) is 12.1 Å². The summed E-state index contributed by atoms with van der Waals surface area (Å²) in [7, 11) is 3.92. The lowest BCUT2D eigenvalue weighted by Crippen LogP contribution is -2.47. The van der Waals surface area contributed by atoms with E-state index in [-0.39, 0.29) is 0 Å². The number of rotatable bonds is 8. The summed E-state index contributed by atoms with van der Waals surface area (Å²) in [6.45, 7) is 5.21. The Hall–Kier alpha value is -1.10. The van der Waals surface area contributed by atoms with Gasteiger partial charge < -0.3 is 20.4 Å². The quantitative estimate of drug-likeness (QED) is 0.677. The Bertz CT molecular complexity index is 388. The Labute approximate surface area is 122 Å². The second kappa shape index (κ2) is 7.62. The van der Waals surface area contributed by atoms with Crippen molar-refractivity contribution < 1.29 is 10.2 Å². The molecule has 0 aliphatic rings. The van der Waals surface area contributed by atoms with Gasteiger partial charge in [0.05, 0.1) is 5.60 Å². The van der Waals surface area contributed by atoms with Crippen LogP contribution in [0, 0.1) is 0 Å². The molecule has 2 atom stereocenters. The van der Waals surface area contributed by atoms with E-state index in [4.69, 9.17) is 0 Å². The zero-order valence-electron chi connectivity index (χ0n) is 13.1. The molecule has 0 fully saturated rings. The summed E-state index contributed by atoms with van der Waals surface area (Å²) in [6, 6.07) is 7.68. The number of phenols is 1. The van der Waals surface area contributed by atoms with E-state index >= 15 is 0 Å². The van der Waals surface area contributed by atoms with Crippen LogP contribution in [0.3, 0.4) is 0 Å². The van der Waals surface area contributed by atoms with Crippen molar-refractivity contribution in [3.05, 3.63) is 29.8 Å². The number of hydrogen-bond acceptors (Lipinski definition) is 4. The van der Waals surface area contributed by atoms with Crippen LogP contribution >= 0.6 is 0 Å². The van der Waals surface area contributed by atoms with Gasteiger partial charge in [0.25, 0.3) is 0 Å². The summed E-state index contributed by atoms with van der Waals surface area (Å²) < 4.78 is 0. The highest BCUT2D eigenvalue weighted by molar-refractivity contribution is 5.25. The SMILES string of the molecule is CC(CCc1ccc(O)cc1)NCC(C)(O)CN(C)C. The first-order valence-corrected chi connectivity index (χ1v) is 7.17. The maximum Gasteiger partial charge on any atom is 0.115 e. The van der Waals surface area contributed by atoms with Crippen molar-refractivity contribution in [1.82, 2.24) is 10.2 Å². The molecule has 20 heavy (non-hydrogen) atoms. The van der Waals surface area contributed by atoms with Crippen molar-refractivity contribution in [2.24, 2.45) is 0 Å². The normalized spacial score (nSPS) is 16.1. The first-order chi connectivity index (χ1) is 9.28. The number of nitrogens with one attached hydrogen (secondary N) is 1. The number of phenolic OH excluding ortho intramolecular Hbond substituents is 1. The van der Waals surface area contributed by atoms with Gasteiger partial charge in [-0.15, -0.1) is 0 Å². The van der Waals surface area contributed by atoms with E-state index in [2.05, 4.69) is 12.2 Å². The van der Waals surface area contributed by atoms with E-state index < -0.39 is 5.60 Å². The summed E-state index contributed by atoms with van der Waals surface area (Å²) in [5.74, 6) is 0.305. The first kappa shape index (κ1) is 17.0. The van der Waals surface area contributed by atoms with Gasteiger partial charge in [-0.2, -0.15) is 0 Å². The van der Waals surface area contributed by atoms with Gasteiger partial charge in [-0.3, -0.25) is 0 Å². The molecule has 0 saturated heterocycles. The third kappa shape index (κ3) is 6.89. The van der Waals surface area contributed by atoms with E-state index in [1.165, 1.54) is 5.56 Å². The number of benzene rings is 1. The van der Waals surface area contributed by atoms with Crippen LogP contribution in [0.5, 0.6) is 5.75 Å². The molecule has 114 valence electrons. The van der Waals surface area contributed by atoms with Crippen molar-refractivity contribution in [1.29, 1.82) is 0 Å². The van der Waals surface area contributed by atoms with Crippen LogP contribution in [0.15, 0.2) is 24.3 Å². The van der Waals surface area contributed by atoms with Crippen molar-refractivity contribution in [3.8, 4) is 5.75 Å². The molecule has 0 heterocycles. The van der Waals surface area contributed by atoms with Crippen molar-refractivity contribution >= 4 is 0 Å². The number of aliphatic hydroxyl groups is 1. The molecule has 0 aliphatic carbocycles. The van der Waals surface area contributed by atoms with Gasteiger partial charge in [-0.05, 0) is 58.5 Å². The Morgan fingerprint density at radius 3 is 2.40 bits per heavy atom. The largest absolute Gasteiger partial charge is 0.508 e. The van der Waals surface area contributed by atoms with Crippen LogP contribution in [-0.2, 0) is 6.42 Å². The van der Waals surface area contributed by atoms with Crippen LogP contribution in [-0.4, -0.2) is 53.9 Å². The van der Waals surface area contributed by atoms with Crippen LogP contribution in [0.2, 0.25) is 0 Å². The first-order valence-electron chi connectivity index (χ1n) is 7.17. The lowest BCUT2D eigenvalue weighted by molar-refractivity contribution is 0.0316. The number of nitrogens with zero attached hydrogens (tertiary/aromatic N) is 1. The molecule has 1 rings (SSSR count). The molecular weight excluding hydrogens is 252 g/mol. The van der Waals surface area contributed by atoms with Gasteiger partial charge in [-0.25, -0.2) is 0 Å². The van der Waals surface area contributed by atoms with Gasteiger partial charge >= 0.3 is 0 Å². The zero-order valence-corrected chi connectivity index (χ0v) is 13.1. The molecule has 3 N–H and O–H groups in total. The Balaban J connectivity index is 2.29. The maximum absolute atomic E-state index is 10.2. The molecule has 0 amide bonds. The summed E-state index contributed by atoms with van der Waals surface area (Å²) >= 11 is 0. The number of hydrogen-bond donors (Lipinski definition) is 3. The Morgan fingerprint density at radius 2 is 1.85 bits per heavy atom. The van der Waals surface area contributed by atoms with E-state index in [0.29, 0.717) is 24.9 Å². The second-order valence-corrected chi connectivity index (χ2v) is 6.22. The predicted molar refractivity (Wildman–Crippen MR) is 83.1 cm³/mol. The lowest BCUT2D eigenvalue weighted by Gasteiger charge is -2.28. The fourth-order valence-corrected chi connectivity index (χ4v) is 2.28. The minimum atomic E-state index is -0.712. The van der Waals surface area contributed by atoms with Gasteiger partial charge in [0.15, 0.2) is 0 Å². The standard InChI is InChI=1S/C16H28N2O2/c1-13(17-11-16(2,20)12-18(3)4)5-6-14-7-9-15(19)10-8-14/h7-10,13,17,19-20H,5-6,11-12H2,1-4H3. The molecular formula is C16H28N2O2. The monoisotopic (exact) mass is 280 g/mol. The van der Waals surface area contributed by atoms with Crippen LogP contribution in [0.4, 0.5) is 0 Å². The molecule has 1 aromatic carbocycles. The molecule has 0 aliphatic heterocycles. The highest BCUT2D eigenvalue weighted by Crippen LogP contribution is 2.12. The minimum absolute atomic E-state index is 0.305. The van der Waals surface area contributed by atoms with E-state index in [1.807, 2.05) is 38.1 Å². The topological polar surface area (TPSA) is 55.7 Å². The van der Waals surface area contributed by atoms with E-state index in [9.17, 15) is 10.2 Å². The molecule has 0 aromatic heterocycles. The molecule has 0 saturated carbocycles. The van der Waals surface area contributed by atoms with E-state index in [1.54, 1.807) is 12.1 Å². The number of aromatic hydroxyl groups is 1. The average Bonchev–Trinajstić information content (AvgIpc) is 2.34.